The largest absolute Gasteiger partial charge is 0.497 e. The fourth-order valence-corrected chi connectivity index (χ4v) is 4.57. The summed E-state index contributed by atoms with van der Waals surface area (Å²) in [5.41, 5.74) is 4.95. The van der Waals surface area contributed by atoms with Crippen molar-refractivity contribution in [3.8, 4) is 40.1 Å². The zero-order valence-corrected chi connectivity index (χ0v) is 22.4. The summed E-state index contributed by atoms with van der Waals surface area (Å²) in [4.78, 5) is 9.22. The van der Waals surface area contributed by atoms with Crippen LogP contribution in [0, 0.1) is 17.7 Å². The molecule has 4 rings (SSSR count). The minimum atomic E-state index is -0.263. The first kappa shape index (κ1) is 27.1. The van der Waals surface area contributed by atoms with Crippen LogP contribution in [-0.4, -0.2) is 21.6 Å². The van der Waals surface area contributed by atoms with E-state index < -0.39 is 0 Å². The Hall–Kier alpha value is -3.91. The van der Waals surface area contributed by atoms with Gasteiger partial charge in [0, 0.05) is 36.5 Å². The lowest BCUT2D eigenvalue weighted by atomic mass is 10.1. The van der Waals surface area contributed by atoms with Gasteiger partial charge in [-0.2, -0.15) is 0 Å². The molecule has 0 saturated heterocycles. The number of methoxy groups -OCH3 is 1. The molecule has 2 aromatic carbocycles. The van der Waals surface area contributed by atoms with Gasteiger partial charge in [-0.3, -0.25) is 4.98 Å². The number of hydrogen-bond donors (Lipinski definition) is 0. The lowest BCUT2D eigenvalue weighted by molar-refractivity contribution is 0.414. The fourth-order valence-electron chi connectivity index (χ4n) is 4.57. The summed E-state index contributed by atoms with van der Waals surface area (Å²) < 4.78 is 21.3. The van der Waals surface area contributed by atoms with Crippen molar-refractivity contribution < 1.29 is 9.13 Å². The molecule has 2 aromatic heterocycles. The van der Waals surface area contributed by atoms with Gasteiger partial charge in [-0.15, -0.1) is 0 Å². The number of hydrogen-bond acceptors (Lipinski definition) is 3. The first-order chi connectivity index (χ1) is 18.7. The molecule has 0 aliphatic rings. The van der Waals surface area contributed by atoms with Crippen molar-refractivity contribution in [2.24, 2.45) is 0 Å². The number of ether oxygens (including phenoxy) is 1. The number of benzene rings is 2. The molecule has 38 heavy (non-hydrogen) atoms. The van der Waals surface area contributed by atoms with Crippen LogP contribution in [0.4, 0.5) is 4.39 Å². The summed E-state index contributed by atoms with van der Waals surface area (Å²) in [6.07, 6.45) is 12.4. The molecule has 5 heteroatoms. The third kappa shape index (κ3) is 7.32. The van der Waals surface area contributed by atoms with Gasteiger partial charge in [0.25, 0.3) is 0 Å². The smallest absolute Gasteiger partial charge is 0.186 e. The normalized spacial score (nSPS) is 10.7. The maximum atomic E-state index is 13.7. The van der Waals surface area contributed by atoms with Crippen LogP contribution in [0.15, 0.2) is 73.1 Å². The maximum absolute atomic E-state index is 13.7. The summed E-state index contributed by atoms with van der Waals surface area (Å²) >= 11 is 0. The topological polar surface area (TPSA) is 39.9 Å². The Morgan fingerprint density at radius 2 is 1.58 bits per heavy atom. The van der Waals surface area contributed by atoms with Gasteiger partial charge in [0.1, 0.15) is 11.6 Å². The van der Waals surface area contributed by atoms with Crippen LogP contribution in [0.2, 0.25) is 0 Å². The maximum Gasteiger partial charge on any atom is 0.186 e. The van der Waals surface area contributed by atoms with Gasteiger partial charge in [0.15, 0.2) is 5.82 Å². The predicted molar refractivity (Wildman–Crippen MR) is 152 cm³/mol. The molecule has 0 amide bonds. The van der Waals surface area contributed by atoms with Gasteiger partial charge in [0.2, 0.25) is 0 Å². The third-order valence-corrected chi connectivity index (χ3v) is 6.65. The molecule has 4 aromatic rings. The van der Waals surface area contributed by atoms with E-state index >= 15 is 0 Å². The second-order valence-corrected chi connectivity index (χ2v) is 9.44. The van der Waals surface area contributed by atoms with Crippen molar-refractivity contribution in [2.75, 3.05) is 7.11 Å². The molecule has 0 saturated carbocycles. The summed E-state index contributed by atoms with van der Waals surface area (Å²) in [6, 6.07) is 18.7. The molecule has 0 radical (unpaired) electrons. The molecule has 0 N–H and O–H groups in total. The molecule has 4 nitrogen and oxygen atoms in total. The van der Waals surface area contributed by atoms with Crippen LogP contribution in [-0.2, 0) is 13.0 Å². The molecule has 0 aliphatic heterocycles. The highest BCUT2D eigenvalue weighted by Gasteiger charge is 2.19. The van der Waals surface area contributed by atoms with E-state index in [2.05, 4.69) is 40.4 Å². The van der Waals surface area contributed by atoms with E-state index in [9.17, 15) is 4.39 Å². The van der Waals surface area contributed by atoms with E-state index in [1.807, 2.05) is 24.3 Å². The molecule has 0 fully saturated rings. The number of unbranched alkanes of at least 4 members (excludes halogenated alkanes) is 5. The fraction of sp³-hybridized carbons (Fsp3) is 0.333. The quantitative estimate of drug-likeness (QED) is 0.143. The van der Waals surface area contributed by atoms with Crippen LogP contribution in [0.25, 0.3) is 22.5 Å². The van der Waals surface area contributed by atoms with Crippen LogP contribution >= 0.6 is 0 Å². The number of rotatable bonds is 12. The van der Waals surface area contributed by atoms with Crippen molar-refractivity contribution in [1.29, 1.82) is 0 Å². The number of imidazole rings is 1. The van der Waals surface area contributed by atoms with E-state index in [1.54, 1.807) is 31.6 Å². The lowest BCUT2D eigenvalue weighted by Crippen LogP contribution is -2.05. The molecule has 0 atom stereocenters. The predicted octanol–water partition coefficient (Wildman–Crippen LogP) is 8.10. The average Bonchev–Trinajstić information content (AvgIpc) is 3.32. The first-order valence-corrected chi connectivity index (χ1v) is 13.6. The van der Waals surface area contributed by atoms with Crippen LogP contribution < -0.4 is 4.74 Å². The zero-order valence-electron chi connectivity index (χ0n) is 22.4. The Bertz CT molecular complexity index is 1330. The van der Waals surface area contributed by atoms with Gasteiger partial charge in [-0.05, 0) is 79.3 Å². The van der Waals surface area contributed by atoms with Gasteiger partial charge >= 0.3 is 0 Å². The van der Waals surface area contributed by atoms with Crippen LogP contribution in [0.1, 0.15) is 63.3 Å². The molecule has 0 unspecified atom stereocenters. The Labute approximate surface area is 225 Å². The number of pyridine rings is 1. The SMILES string of the molecule is CCCCCCCC#Cc1nc(-c2ccc(F)cc2)c(-c2ccncc2)n1CCCc1ccc(OC)cc1. The molecule has 196 valence electrons. The van der Waals surface area contributed by atoms with E-state index in [-0.39, 0.29) is 5.82 Å². The van der Waals surface area contributed by atoms with Gasteiger partial charge in [-0.25, -0.2) is 9.37 Å². The second kappa shape index (κ2) is 14.1. The molecule has 2 heterocycles. The highest BCUT2D eigenvalue weighted by atomic mass is 19.1. The van der Waals surface area contributed by atoms with E-state index in [1.165, 1.54) is 43.4 Å². The van der Waals surface area contributed by atoms with Gasteiger partial charge < -0.3 is 9.30 Å². The number of nitrogens with zero attached hydrogens (tertiary/aromatic N) is 3. The highest BCUT2D eigenvalue weighted by Crippen LogP contribution is 2.33. The number of aromatic nitrogens is 3. The summed E-state index contributed by atoms with van der Waals surface area (Å²) in [5.74, 6) is 8.10. The highest BCUT2D eigenvalue weighted by molar-refractivity contribution is 5.79. The minimum absolute atomic E-state index is 0.263. The zero-order chi connectivity index (χ0) is 26.6. The van der Waals surface area contributed by atoms with Crippen molar-refractivity contribution in [3.05, 3.63) is 90.3 Å². The first-order valence-electron chi connectivity index (χ1n) is 13.6. The molecular weight excluding hydrogens is 473 g/mol. The lowest BCUT2D eigenvalue weighted by Gasteiger charge is -2.12. The Morgan fingerprint density at radius 1 is 0.842 bits per heavy atom. The molecule has 0 bridgehead atoms. The van der Waals surface area contributed by atoms with E-state index in [4.69, 9.17) is 9.72 Å². The van der Waals surface area contributed by atoms with Crippen molar-refractivity contribution in [3.63, 3.8) is 0 Å². The summed E-state index contributed by atoms with van der Waals surface area (Å²) in [7, 11) is 1.68. The molecule has 0 aliphatic carbocycles. The number of halogens is 1. The monoisotopic (exact) mass is 509 g/mol. The van der Waals surface area contributed by atoms with Crippen LogP contribution in [0.3, 0.4) is 0 Å². The van der Waals surface area contributed by atoms with Gasteiger partial charge in [-0.1, -0.05) is 50.7 Å². The van der Waals surface area contributed by atoms with E-state index in [0.717, 1.165) is 66.3 Å². The summed E-state index contributed by atoms with van der Waals surface area (Å²) in [6.45, 7) is 2.99. The molecule has 0 spiro atoms. The van der Waals surface area contributed by atoms with Gasteiger partial charge in [0.05, 0.1) is 18.5 Å². The Morgan fingerprint density at radius 3 is 2.29 bits per heavy atom. The summed E-state index contributed by atoms with van der Waals surface area (Å²) in [5, 5.41) is 0. The average molecular weight is 510 g/mol. The van der Waals surface area contributed by atoms with Crippen molar-refractivity contribution >= 4 is 0 Å². The van der Waals surface area contributed by atoms with Crippen molar-refractivity contribution in [1.82, 2.24) is 14.5 Å². The molecular formula is C33H36FN3O. The van der Waals surface area contributed by atoms with E-state index in [0.29, 0.717) is 0 Å². The Balaban J connectivity index is 1.66. The van der Waals surface area contributed by atoms with Crippen LogP contribution in [0.5, 0.6) is 5.75 Å². The second-order valence-electron chi connectivity index (χ2n) is 9.44. The minimum Gasteiger partial charge on any atom is -0.497 e. The number of aryl methyl sites for hydroxylation is 1. The van der Waals surface area contributed by atoms with Crippen molar-refractivity contribution in [2.45, 2.75) is 64.8 Å². The standard InChI is InChI=1S/C33H36FN3O/c1-3-4-5-6-7-8-9-12-31-36-32(27-15-17-29(34)18-16-27)33(28-21-23-35-24-22-28)37(31)25-10-11-26-13-19-30(38-2)20-14-26/h13-24H,3-8,10-11,25H2,1-2H3. The third-order valence-electron chi connectivity index (χ3n) is 6.65. The Kier molecular flexibility index (Phi) is 10.1.